The van der Waals surface area contributed by atoms with E-state index in [1.54, 1.807) is 6.07 Å². The Balaban J connectivity index is 1.65. The van der Waals surface area contributed by atoms with Gasteiger partial charge in [0.25, 0.3) is 0 Å². The van der Waals surface area contributed by atoms with Crippen molar-refractivity contribution in [1.82, 2.24) is 9.29 Å². The van der Waals surface area contributed by atoms with E-state index in [4.69, 9.17) is 4.42 Å². The maximum atomic E-state index is 12.6. The molecule has 0 radical (unpaired) electrons. The van der Waals surface area contributed by atoms with Gasteiger partial charge >= 0.3 is 5.76 Å². The first-order chi connectivity index (χ1) is 13.3. The molecule has 0 saturated carbocycles. The molecular weight excluding hydrogens is 378 g/mol. The molecule has 0 saturated heterocycles. The van der Waals surface area contributed by atoms with E-state index >= 15 is 0 Å². The summed E-state index contributed by atoms with van der Waals surface area (Å²) in [6, 6.07) is 14.3. The fourth-order valence-corrected chi connectivity index (χ4v) is 4.18. The van der Waals surface area contributed by atoms with E-state index in [9.17, 15) is 13.2 Å². The van der Waals surface area contributed by atoms with Crippen molar-refractivity contribution in [1.29, 1.82) is 0 Å². The first-order valence-corrected chi connectivity index (χ1v) is 10.7. The molecule has 0 aliphatic carbocycles. The third-order valence-electron chi connectivity index (χ3n) is 4.57. The molecule has 1 aromatic heterocycles. The molecule has 150 valence electrons. The van der Waals surface area contributed by atoms with E-state index in [0.717, 1.165) is 12.2 Å². The van der Waals surface area contributed by atoms with E-state index in [2.05, 4.69) is 9.62 Å². The van der Waals surface area contributed by atoms with Gasteiger partial charge in [-0.2, -0.15) is 0 Å². The van der Waals surface area contributed by atoms with Crippen LogP contribution in [0.15, 0.2) is 62.6 Å². The predicted octanol–water partition coefficient (Wildman–Crippen LogP) is 2.98. The predicted molar refractivity (Wildman–Crippen MR) is 110 cm³/mol. The highest BCUT2D eigenvalue weighted by Crippen LogP contribution is 2.21. The number of nitrogens with one attached hydrogen (secondary N) is 1. The zero-order chi connectivity index (χ0) is 20.3. The Morgan fingerprint density at radius 2 is 1.86 bits per heavy atom. The van der Waals surface area contributed by atoms with Crippen molar-refractivity contribution in [3.8, 4) is 0 Å². The molecule has 8 heteroatoms. The molecule has 0 aliphatic heterocycles. The van der Waals surface area contributed by atoms with E-state index in [-0.39, 0.29) is 16.5 Å². The Labute approximate surface area is 164 Å². The molecule has 3 aromatic rings. The third kappa shape index (κ3) is 4.28. The van der Waals surface area contributed by atoms with Crippen molar-refractivity contribution in [2.24, 2.45) is 0 Å². The van der Waals surface area contributed by atoms with Gasteiger partial charge in [-0.25, -0.2) is 17.9 Å². The van der Waals surface area contributed by atoms with Gasteiger partial charge in [-0.3, -0.25) is 4.57 Å². The van der Waals surface area contributed by atoms with Gasteiger partial charge in [0.1, 0.15) is 0 Å². The van der Waals surface area contributed by atoms with Crippen molar-refractivity contribution in [2.45, 2.75) is 31.2 Å². The van der Waals surface area contributed by atoms with Gasteiger partial charge in [-0.1, -0.05) is 18.2 Å². The Morgan fingerprint density at radius 1 is 1.14 bits per heavy atom. The molecule has 1 N–H and O–H groups in total. The van der Waals surface area contributed by atoms with Gasteiger partial charge in [0, 0.05) is 37.9 Å². The highest BCUT2D eigenvalue weighted by Gasteiger charge is 2.18. The zero-order valence-corrected chi connectivity index (χ0v) is 17.1. The largest absolute Gasteiger partial charge is 0.420 e. The minimum Gasteiger partial charge on any atom is -0.408 e. The third-order valence-corrected chi connectivity index (χ3v) is 6.03. The number of nitrogens with zero attached hydrogens (tertiary/aromatic N) is 2. The lowest BCUT2D eigenvalue weighted by Gasteiger charge is -2.19. The first-order valence-electron chi connectivity index (χ1n) is 9.20. The summed E-state index contributed by atoms with van der Waals surface area (Å²) in [5.41, 5.74) is 1.94. The minimum atomic E-state index is -3.68. The summed E-state index contributed by atoms with van der Waals surface area (Å²) < 4.78 is 34.4. The average Bonchev–Trinajstić information content (AvgIpc) is 3.00. The van der Waals surface area contributed by atoms with Crippen LogP contribution in [0, 0.1) is 0 Å². The number of rotatable bonds is 8. The van der Waals surface area contributed by atoms with Gasteiger partial charge in [-0.15, -0.1) is 0 Å². The summed E-state index contributed by atoms with van der Waals surface area (Å²) in [6.45, 7) is 4.77. The lowest BCUT2D eigenvalue weighted by molar-refractivity contribution is 0.478. The summed E-state index contributed by atoms with van der Waals surface area (Å²) in [7, 11) is -1.71. The molecule has 3 rings (SSSR count). The second-order valence-corrected chi connectivity index (χ2v) is 8.74. The number of oxazole rings is 1. The number of fused-ring (bicyclic) bond motifs is 1. The molecule has 0 spiro atoms. The standard InChI is InChI=1S/C20H25N3O4S/c1-15(2)23-18-11-10-17(14-19(18)27-20(23)24)28(25,26)21-12-7-13-22(3)16-8-5-4-6-9-16/h4-6,8-11,14-15,21H,7,12-13H2,1-3H3. The lowest BCUT2D eigenvalue weighted by atomic mass is 10.3. The van der Waals surface area contributed by atoms with Crippen molar-refractivity contribution in [3.05, 3.63) is 59.1 Å². The van der Waals surface area contributed by atoms with Crippen LogP contribution in [-0.2, 0) is 10.0 Å². The molecule has 0 fully saturated rings. The molecule has 0 aliphatic rings. The summed E-state index contributed by atoms with van der Waals surface area (Å²) in [5.74, 6) is -0.489. The average molecular weight is 404 g/mol. The quantitative estimate of drug-likeness (QED) is 0.585. The molecule has 7 nitrogen and oxygen atoms in total. The number of anilines is 1. The number of sulfonamides is 1. The highest BCUT2D eigenvalue weighted by molar-refractivity contribution is 7.89. The van der Waals surface area contributed by atoms with E-state index in [0.29, 0.717) is 18.5 Å². The van der Waals surface area contributed by atoms with Crippen molar-refractivity contribution >= 4 is 26.8 Å². The Kier molecular flexibility index (Phi) is 5.90. The summed E-state index contributed by atoms with van der Waals surface area (Å²) in [5, 5.41) is 0. The van der Waals surface area contributed by atoms with Crippen LogP contribution in [0.1, 0.15) is 26.3 Å². The van der Waals surface area contributed by atoms with E-state index in [1.807, 2.05) is 51.2 Å². The van der Waals surface area contributed by atoms with Crippen molar-refractivity contribution < 1.29 is 12.8 Å². The van der Waals surface area contributed by atoms with Crippen molar-refractivity contribution in [3.63, 3.8) is 0 Å². The van der Waals surface area contributed by atoms with Crippen molar-refractivity contribution in [2.75, 3.05) is 25.0 Å². The smallest absolute Gasteiger partial charge is 0.408 e. The fraction of sp³-hybridized carbons (Fsp3) is 0.350. The molecule has 1 heterocycles. The second kappa shape index (κ2) is 8.20. The normalized spacial score (nSPS) is 12.0. The molecule has 0 bridgehead atoms. The van der Waals surface area contributed by atoms with Crippen LogP contribution in [0.2, 0.25) is 0 Å². The second-order valence-electron chi connectivity index (χ2n) is 6.97. The topological polar surface area (TPSA) is 84.5 Å². The summed E-state index contributed by atoms with van der Waals surface area (Å²) >= 11 is 0. The number of benzene rings is 2. The maximum Gasteiger partial charge on any atom is 0.420 e. The first kappa shape index (κ1) is 20.2. The summed E-state index contributed by atoms with van der Waals surface area (Å²) in [6.07, 6.45) is 0.658. The molecular formula is C20H25N3O4S. The van der Waals surface area contributed by atoms with Gasteiger partial charge in [0.15, 0.2) is 5.58 Å². The van der Waals surface area contributed by atoms with E-state index < -0.39 is 15.8 Å². The van der Waals surface area contributed by atoms with Crippen LogP contribution >= 0.6 is 0 Å². The Hall–Kier alpha value is -2.58. The summed E-state index contributed by atoms with van der Waals surface area (Å²) in [4.78, 5) is 14.1. The van der Waals surface area contributed by atoms with Gasteiger partial charge in [-0.05, 0) is 44.5 Å². The van der Waals surface area contributed by atoms with Crippen LogP contribution < -0.4 is 15.4 Å². The maximum absolute atomic E-state index is 12.6. The lowest BCUT2D eigenvalue weighted by Crippen LogP contribution is -2.28. The minimum absolute atomic E-state index is 0.0732. The highest BCUT2D eigenvalue weighted by atomic mass is 32.2. The fourth-order valence-electron chi connectivity index (χ4n) is 3.09. The molecule has 2 aromatic carbocycles. The number of hydrogen-bond donors (Lipinski definition) is 1. The Morgan fingerprint density at radius 3 is 2.54 bits per heavy atom. The molecule has 28 heavy (non-hydrogen) atoms. The SMILES string of the molecule is CC(C)n1c(=O)oc2cc(S(=O)(=O)NCCCN(C)c3ccccc3)ccc21. The number of para-hydroxylation sites is 1. The van der Waals surface area contributed by atoms with Gasteiger partial charge < -0.3 is 9.32 Å². The van der Waals surface area contributed by atoms with Crippen LogP contribution in [-0.4, -0.2) is 33.1 Å². The molecule has 0 amide bonds. The van der Waals surface area contributed by atoms with Crippen LogP contribution in [0.3, 0.4) is 0 Å². The van der Waals surface area contributed by atoms with Crippen LogP contribution in [0.25, 0.3) is 11.1 Å². The zero-order valence-electron chi connectivity index (χ0n) is 16.3. The number of aromatic nitrogens is 1. The monoisotopic (exact) mass is 403 g/mol. The van der Waals surface area contributed by atoms with Crippen LogP contribution in [0.5, 0.6) is 0 Å². The number of hydrogen-bond acceptors (Lipinski definition) is 5. The van der Waals surface area contributed by atoms with Gasteiger partial charge in [0.2, 0.25) is 10.0 Å². The van der Waals surface area contributed by atoms with E-state index in [1.165, 1.54) is 16.7 Å². The Bertz CT molecular complexity index is 1100. The van der Waals surface area contributed by atoms with Crippen LogP contribution in [0.4, 0.5) is 5.69 Å². The molecule has 0 unspecified atom stereocenters. The van der Waals surface area contributed by atoms with Gasteiger partial charge in [0.05, 0.1) is 10.4 Å². The molecule has 0 atom stereocenters.